The van der Waals surface area contributed by atoms with Crippen molar-refractivity contribution in [3.63, 3.8) is 0 Å². The summed E-state index contributed by atoms with van der Waals surface area (Å²) < 4.78 is 14.5. The first kappa shape index (κ1) is 13.2. The minimum atomic E-state index is -0.304. The standard InChI is InChI=1S/C12H14FN5O/c1-8-4-9(2-3-11(8)13)15-12(19)7-18-6-10(5-14)16-17-18/h2-4,6H,5,7,14H2,1H3,(H,15,19). The van der Waals surface area contributed by atoms with Crippen molar-refractivity contribution in [3.8, 4) is 0 Å². The number of amides is 1. The Kier molecular flexibility index (Phi) is 3.86. The highest BCUT2D eigenvalue weighted by molar-refractivity contribution is 5.90. The number of aryl methyl sites for hydroxylation is 1. The topological polar surface area (TPSA) is 85.8 Å². The second-order valence-electron chi connectivity index (χ2n) is 4.12. The molecule has 6 nitrogen and oxygen atoms in total. The molecule has 19 heavy (non-hydrogen) atoms. The van der Waals surface area contributed by atoms with Crippen LogP contribution in [0.25, 0.3) is 0 Å². The average molecular weight is 263 g/mol. The largest absolute Gasteiger partial charge is 0.325 e. The predicted molar refractivity (Wildman–Crippen MR) is 67.7 cm³/mol. The number of aromatic nitrogens is 3. The number of nitrogens with zero attached hydrogens (tertiary/aromatic N) is 3. The first-order chi connectivity index (χ1) is 9.08. The Morgan fingerprint density at radius 2 is 2.32 bits per heavy atom. The van der Waals surface area contributed by atoms with Crippen LogP contribution >= 0.6 is 0 Å². The van der Waals surface area contributed by atoms with Crippen molar-refractivity contribution < 1.29 is 9.18 Å². The molecule has 0 fully saturated rings. The van der Waals surface area contributed by atoms with Gasteiger partial charge < -0.3 is 11.1 Å². The van der Waals surface area contributed by atoms with Crippen LogP contribution in [0.2, 0.25) is 0 Å². The van der Waals surface area contributed by atoms with Crippen molar-refractivity contribution in [2.45, 2.75) is 20.0 Å². The molecule has 0 aliphatic rings. The number of hydrogen-bond acceptors (Lipinski definition) is 4. The Morgan fingerprint density at radius 3 is 2.95 bits per heavy atom. The highest BCUT2D eigenvalue weighted by Crippen LogP contribution is 2.13. The van der Waals surface area contributed by atoms with E-state index in [9.17, 15) is 9.18 Å². The Bertz CT molecular complexity index is 596. The van der Waals surface area contributed by atoms with Crippen molar-refractivity contribution in [2.75, 3.05) is 5.32 Å². The van der Waals surface area contributed by atoms with E-state index in [0.29, 0.717) is 16.9 Å². The van der Waals surface area contributed by atoms with Gasteiger partial charge in [-0.2, -0.15) is 0 Å². The fourth-order valence-corrected chi connectivity index (χ4v) is 1.58. The Hall–Kier alpha value is -2.28. The lowest BCUT2D eigenvalue weighted by molar-refractivity contribution is -0.116. The van der Waals surface area contributed by atoms with Crippen molar-refractivity contribution in [1.82, 2.24) is 15.0 Å². The van der Waals surface area contributed by atoms with Gasteiger partial charge in [-0.25, -0.2) is 9.07 Å². The third-order valence-electron chi connectivity index (χ3n) is 2.54. The average Bonchev–Trinajstić information content (AvgIpc) is 2.81. The zero-order valence-electron chi connectivity index (χ0n) is 10.4. The van der Waals surface area contributed by atoms with Gasteiger partial charge in [-0.3, -0.25) is 4.79 Å². The van der Waals surface area contributed by atoms with Crippen LogP contribution in [0.5, 0.6) is 0 Å². The summed E-state index contributed by atoms with van der Waals surface area (Å²) in [6, 6.07) is 4.39. The normalized spacial score (nSPS) is 10.5. The van der Waals surface area contributed by atoms with E-state index in [0.717, 1.165) is 0 Å². The summed E-state index contributed by atoms with van der Waals surface area (Å²) in [5.74, 6) is -0.568. The third kappa shape index (κ3) is 3.35. The Morgan fingerprint density at radius 1 is 1.53 bits per heavy atom. The van der Waals surface area contributed by atoms with Crippen LogP contribution in [0.4, 0.5) is 10.1 Å². The molecule has 0 saturated heterocycles. The van der Waals surface area contributed by atoms with Gasteiger partial charge >= 0.3 is 0 Å². The molecule has 0 bridgehead atoms. The maximum atomic E-state index is 13.1. The highest BCUT2D eigenvalue weighted by atomic mass is 19.1. The Labute approximate surface area is 109 Å². The molecule has 1 heterocycles. The number of rotatable bonds is 4. The lowest BCUT2D eigenvalue weighted by atomic mass is 10.2. The zero-order chi connectivity index (χ0) is 13.8. The molecule has 1 aromatic heterocycles. The SMILES string of the molecule is Cc1cc(NC(=O)Cn2cc(CN)nn2)ccc1F. The van der Waals surface area contributed by atoms with Gasteiger partial charge in [0.25, 0.3) is 0 Å². The molecule has 2 rings (SSSR count). The van der Waals surface area contributed by atoms with Crippen LogP contribution in [0, 0.1) is 12.7 Å². The molecule has 0 unspecified atom stereocenters. The van der Waals surface area contributed by atoms with Crippen LogP contribution in [0.1, 0.15) is 11.3 Å². The van der Waals surface area contributed by atoms with E-state index in [1.165, 1.54) is 16.8 Å². The van der Waals surface area contributed by atoms with Crippen LogP contribution in [-0.2, 0) is 17.9 Å². The lowest BCUT2D eigenvalue weighted by Crippen LogP contribution is -2.19. The van der Waals surface area contributed by atoms with Crippen LogP contribution < -0.4 is 11.1 Å². The molecule has 1 amide bonds. The lowest BCUT2D eigenvalue weighted by Gasteiger charge is -2.06. The van der Waals surface area contributed by atoms with Gasteiger partial charge in [-0.15, -0.1) is 5.10 Å². The van der Waals surface area contributed by atoms with E-state index >= 15 is 0 Å². The van der Waals surface area contributed by atoms with E-state index in [-0.39, 0.29) is 24.8 Å². The van der Waals surface area contributed by atoms with Crippen LogP contribution in [0.15, 0.2) is 24.4 Å². The number of carbonyl (C=O) groups excluding carboxylic acids is 1. The number of hydrogen-bond donors (Lipinski definition) is 2. The van der Waals surface area contributed by atoms with Gasteiger partial charge in [0.15, 0.2) is 0 Å². The van der Waals surface area contributed by atoms with Crippen molar-refractivity contribution in [3.05, 3.63) is 41.5 Å². The number of nitrogens with one attached hydrogen (secondary N) is 1. The van der Waals surface area contributed by atoms with Gasteiger partial charge in [0.2, 0.25) is 5.91 Å². The summed E-state index contributed by atoms with van der Waals surface area (Å²) in [4.78, 5) is 11.8. The summed E-state index contributed by atoms with van der Waals surface area (Å²) >= 11 is 0. The van der Waals surface area contributed by atoms with E-state index < -0.39 is 0 Å². The smallest absolute Gasteiger partial charge is 0.246 e. The Balaban J connectivity index is 1.98. The van der Waals surface area contributed by atoms with Crippen molar-refractivity contribution >= 4 is 11.6 Å². The van der Waals surface area contributed by atoms with Gasteiger partial charge in [0.05, 0.1) is 11.9 Å². The first-order valence-corrected chi connectivity index (χ1v) is 5.73. The number of carbonyl (C=O) groups is 1. The molecule has 1 aromatic carbocycles. The quantitative estimate of drug-likeness (QED) is 0.855. The molecule has 7 heteroatoms. The molecule has 0 radical (unpaired) electrons. The highest BCUT2D eigenvalue weighted by Gasteiger charge is 2.07. The number of nitrogens with two attached hydrogens (primary N) is 1. The molecule has 0 atom stereocenters. The van der Waals surface area contributed by atoms with Crippen molar-refractivity contribution in [2.24, 2.45) is 5.73 Å². The maximum absolute atomic E-state index is 13.1. The van der Waals surface area contributed by atoms with Crippen LogP contribution in [-0.4, -0.2) is 20.9 Å². The third-order valence-corrected chi connectivity index (χ3v) is 2.54. The van der Waals surface area contributed by atoms with E-state index in [1.807, 2.05) is 0 Å². The predicted octanol–water partition coefficient (Wildman–Crippen LogP) is 0.823. The molecule has 2 aromatic rings. The van der Waals surface area contributed by atoms with Crippen molar-refractivity contribution in [1.29, 1.82) is 0 Å². The number of benzene rings is 1. The van der Waals surface area contributed by atoms with E-state index in [4.69, 9.17) is 5.73 Å². The molecule has 0 aliphatic heterocycles. The molecular formula is C12H14FN5O. The fourth-order valence-electron chi connectivity index (χ4n) is 1.58. The summed E-state index contributed by atoms with van der Waals surface area (Å²) in [5.41, 5.74) is 7.03. The first-order valence-electron chi connectivity index (χ1n) is 5.73. The van der Waals surface area contributed by atoms with Gasteiger partial charge in [-0.05, 0) is 30.7 Å². The molecule has 0 aliphatic carbocycles. The summed E-state index contributed by atoms with van der Waals surface area (Å²) in [6.45, 7) is 1.94. The summed E-state index contributed by atoms with van der Waals surface area (Å²) in [7, 11) is 0. The molecule has 100 valence electrons. The second-order valence-corrected chi connectivity index (χ2v) is 4.12. The van der Waals surface area contributed by atoms with E-state index in [2.05, 4.69) is 15.6 Å². The molecule has 0 spiro atoms. The number of anilines is 1. The monoisotopic (exact) mass is 263 g/mol. The van der Waals surface area contributed by atoms with Gasteiger partial charge in [0.1, 0.15) is 12.4 Å². The molecule has 3 N–H and O–H groups in total. The minimum Gasteiger partial charge on any atom is -0.325 e. The molecule has 0 saturated carbocycles. The minimum absolute atomic E-state index is 0.0312. The van der Waals surface area contributed by atoms with Gasteiger partial charge in [0, 0.05) is 12.2 Å². The fraction of sp³-hybridized carbons (Fsp3) is 0.250. The molecular weight excluding hydrogens is 249 g/mol. The van der Waals surface area contributed by atoms with Crippen LogP contribution in [0.3, 0.4) is 0 Å². The summed E-state index contributed by atoms with van der Waals surface area (Å²) in [6.07, 6.45) is 1.61. The van der Waals surface area contributed by atoms with E-state index in [1.54, 1.807) is 19.2 Å². The van der Waals surface area contributed by atoms with Gasteiger partial charge in [-0.1, -0.05) is 5.21 Å². The second kappa shape index (κ2) is 5.57. The maximum Gasteiger partial charge on any atom is 0.246 e. The number of halogens is 1. The zero-order valence-corrected chi connectivity index (χ0v) is 10.4. The summed E-state index contributed by atoms with van der Waals surface area (Å²) in [5, 5.41) is 10.2.